The van der Waals surface area contributed by atoms with Gasteiger partial charge in [-0.05, 0) is 54.1 Å². The SMILES string of the molecule is O=C(CCC(=O)Nc1ccc(Cl)cc1)N/N=C\c1ccc(O)cc1. The second kappa shape index (κ2) is 8.69. The van der Waals surface area contributed by atoms with Crippen molar-refractivity contribution < 1.29 is 14.7 Å². The van der Waals surface area contributed by atoms with E-state index in [1.54, 1.807) is 36.4 Å². The van der Waals surface area contributed by atoms with Gasteiger partial charge in [0.25, 0.3) is 0 Å². The fraction of sp³-hybridized carbons (Fsp3) is 0.118. The number of nitrogens with one attached hydrogen (secondary N) is 2. The Bertz CT molecular complexity index is 728. The Labute approximate surface area is 144 Å². The molecule has 2 amide bonds. The molecule has 0 aliphatic rings. The van der Waals surface area contributed by atoms with Crippen LogP contribution < -0.4 is 10.7 Å². The van der Waals surface area contributed by atoms with Crippen molar-refractivity contribution in [3.63, 3.8) is 0 Å². The zero-order chi connectivity index (χ0) is 17.4. The highest BCUT2D eigenvalue weighted by Crippen LogP contribution is 2.13. The quantitative estimate of drug-likeness (QED) is 0.555. The van der Waals surface area contributed by atoms with E-state index in [1.807, 2.05) is 0 Å². The van der Waals surface area contributed by atoms with Crippen molar-refractivity contribution in [1.82, 2.24) is 5.43 Å². The van der Waals surface area contributed by atoms with Crippen molar-refractivity contribution in [2.75, 3.05) is 5.32 Å². The van der Waals surface area contributed by atoms with Crippen LogP contribution in [0.1, 0.15) is 18.4 Å². The maximum Gasteiger partial charge on any atom is 0.240 e. The molecule has 0 spiro atoms. The van der Waals surface area contributed by atoms with Gasteiger partial charge in [0.1, 0.15) is 5.75 Å². The number of hydrazone groups is 1. The lowest BCUT2D eigenvalue weighted by atomic mass is 10.2. The van der Waals surface area contributed by atoms with E-state index in [2.05, 4.69) is 15.8 Å². The first kappa shape index (κ1) is 17.5. The molecule has 124 valence electrons. The Morgan fingerprint density at radius 1 is 1.00 bits per heavy atom. The van der Waals surface area contributed by atoms with Crippen molar-refractivity contribution in [1.29, 1.82) is 0 Å². The number of hydrogen-bond acceptors (Lipinski definition) is 4. The van der Waals surface area contributed by atoms with Gasteiger partial charge in [-0.15, -0.1) is 0 Å². The summed E-state index contributed by atoms with van der Waals surface area (Å²) in [6, 6.07) is 13.1. The number of halogens is 1. The Kier molecular flexibility index (Phi) is 6.33. The van der Waals surface area contributed by atoms with Gasteiger partial charge in [-0.2, -0.15) is 5.10 Å². The molecule has 2 aromatic rings. The number of carbonyl (C=O) groups excluding carboxylic acids is 2. The highest BCUT2D eigenvalue weighted by atomic mass is 35.5. The summed E-state index contributed by atoms with van der Waals surface area (Å²) >= 11 is 5.76. The van der Waals surface area contributed by atoms with Gasteiger partial charge in [0.05, 0.1) is 6.21 Å². The second-order valence-corrected chi connectivity index (χ2v) is 5.38. The van der Waals surface area contributed by atoms with E-state index >= 15 is 0 Å². The predicted octanol–water partition coefficient (Wildman–Crippen LogP) is 2.91. The number of phenols is 1. The first-order chi connectivity index (χ1) is 11.5. The van der Waals surface area contributed by atoms with E-state index in [1.165, 1.54) is 18.3 Å². The van der Waals surface area contributed by atoms with Gasteiger partial charge >= 0.3 is 0 Å². The maximum atomic E-state index is 11.7. The van der Waals surface area contributed by atoms with Crippen LogP contribution in [0, 0.1) is 0 Å². The average Bonchev–Trinajstić information content (AvgIpc) is 2.57. The zero-order valence-corrected chi connectivity index (χ0v) is 13.5. The van der Waals surface area contributed by atoms with Crippen LogP contribution in [-0.4, -0.2) is 23.1 Å². The van der Waals surface area contributed by atoms with Crippen molar-refractivity contribution in [3.8, 4) is 5.75 Å². The maximum absolute atomic E-state index is 11.7. The molecule has 0 unspecified atom stereocenters. The van der Waals surface area contributed by atoms with Gasteiger partial charge in [0.15, 0.2) is 0 Å². The van der Waals surface area contributed by atoms with Crippen molar-refractivity contribution >= 4 is 35.3 Å². The van der Waals surface area contributed by atoms with Crippen LogP contribution in [0.4, 0.5) is 5.69 Å². The molecule has 0 atom stereocenters. The van der Waals surface area contributed by atoms with E-state index < -0.39 is 0 Å². The molecule has 24 heavy (non-hydrogen) atoms. The van der Waals surface area contributed by atoms with Gasteiger partial charge < -0.3 is 10.4 Å². The number of nitrogens with zero attached hydrogens (tertiary/aromatic N) is 1. The summed E-state index contributed by atoms with van der Waals surface area (Å²) in [6.07, 6.45) is 1.51. The van der Waals surface area contributed by atoms with Crippen LogP contribution in [0.3, 0.4) is 0 Å². The Balaban J connectivity index is 1.71. The number of rotatable bonds is 6. The van der Waals surface area contributed by atoms with Crippen LogP contribution in [0.5, 0.6) is 5.75 Å². The fourth-order valence-corrected chi connectivity index (χ4v) is 1.90. The Morgan fingerprint density at radius 2 is 1.62 bits per heavy atom. The lowest BCUT2D eigenvalue weighted by Crippen LogP contribution is -2.20. The third-order valence-corrected chi connectivity index (χ3v) is 3.26. The number of phenolic OH excluding ortho intramolecular Hbond substituents is 1. The summed E-state index contributed by atoms with van der Waals surface area (Å²) < 4.78 is 0. The van der Waals surface area contributed by atoms with E-state index in [4.69, 9.17) is 16.7 Å². The Morgan fingerprint density at radius 3 is 2.29 bits per heavy atom. The Hall–Kier alpha value is -2.86. The van der Waals surface area contributed by atoms with Crippen molar-refractivity contribution in [2.45, 2.75) is 12.8 Å². The topological polar surface area (TPSA) is 90.8 Å². The van der Waals surface area contributed by atoms with Crippen LogP contribution >= 0.6 is 11.6 Å². The number of hydrogen-bond donors (Lipinski definition) is 3. The molecule has 6 nitrogen and oxygen atoms in total. The van der Waals surface area contributed by atoms with Gasteiger partial charge in [0, 0.05) is 23.6 Å². The molecule has 0 aliphatic carbocycles. The molecule has 0 saturated carbocycles. The first-order valence-corrected chi connectivity index (χ1v) is 7.57. The molecule has 2 rings (SSSR count). The number of carbonyl (C=O) groups is 2. The van der Waals surface area contributed by atoms with Crippen LogP contribution in [-0.2, 0) is 9.59 Å². The van der Waals surface area contributed by atoms with Crippen molar-refractivity contribution in [2.24, 2.45) is 5.10 Å². The fourth-order valence-electron chi connectivity index (χ4n) is 1.78. The molecule has 0 bridgehead atoms. The largest absolute Gasteiger partial charge is 0.508 e. The zero-order valence-electron chi connectivity index (χ0n) is 12.7. The average molecular weight is 346 g/mol. The number of anilines is 1. The van der Waals surface area contributed by atoms with E-state index in [0.29, 0.717) is 10.7 Å². The first-order valence-electron chi connectivity index (χ1n) is 7.19. The van der Waals surface area contributed by atoms with Gasteiger partial charge in [-0.1, -0.05) is 11.6 Å². The number of aromatic hydroxyl groups is 1. The molecular weight excluding hydrogens is 330 g/mol. The highest BCUT2D eigenvalue weighted by molar-refractivity contribution is 6.30. The molecular formula is C17H16ClN3O3. The van der Waals surface area contributed by atoms with Gasteiger partial charge in [-0.3, -0.25) is 9.59 Å². The van der Waals surface area contributed by atoms with Gasteiger partial charge in [-0.25, -0.2) is 5.43 Å². The molecule has 0 aliphatic heterocycles. The van der Waals surface area contributed by atoms with E-state index in [9.17, 15) is 9.59 Å². The monoisotopic (exact) mass is 345 g/mol. The van der Waals surface area contributed by atoms with E-state index in [0.717, 1.165) is 5.56 Å². The standard InChI is InChI=1S/C17H16ClN3O3/c18-13-3-5-14(6-4-13)20-16(23)9-10-17(24)21-19-11-12-1-7-15(22)8-2-12/h1-8,11,22H,9-10H2,(H,20,23)(H,21,24)/b19-11-. The molecule has 7 heteroatoms. The lowest BCUT2D eigenvalue weighted by molar-refractivity contribution is -0.124. The van der Waals surface area contributed by atoms with Crippen molar-refractivity contribution in [3.05, 3.63) is 59.1 Å². The summed E-state index contributed by atoms with van der Waals surface area (Å²) in [5, 5.41) is 16.2. The minimum atomic E-state index is -0.365. The van der Waals surface area contributed by atoms with Crippen LogP contribution in [0.2, 0.25) is 5.02 Å². The minimum absolute atomic E-state index is 0.0202. The number of benzene rings is 2. The second-order valence-electron chi connectivity index (χ2n) is 4.94. The predicted molar refractivity (Wildman–Crippen MR) is 93.2 cm³/mol. The molecule has 0 fully saturated rings. The van der Waals surface area contributed by atoms with Crippen LogP contribution in [0.25, 0.3) is 0 Å². The molecule has 2 aromatic carbocycles. The normalized spacial score (nSPS) is 10.5. The highest BCUT2D eigenvalue weighted by Gasteiger charge is 2.06. The molecule has 0 heterocycles. The smallest absolute Gasteiger partial charge is 0.240 e. The van der Waals surface area contributed by atoms with E-state index in [-0.39, 0.29) is 30.4 Å². The molecule has 0 radical (unpaired) electrons. The summed E-state index contributed by atoms with van der Waals surface area (Å²) in [6.45, 7) is 0. The van der Waals surface area contributed by atoms with Crippen LogP contribution in [0.15, 0.2) is 53.6 Å². The molecule has 0 saturated heterocycles. The molecule has 0 aromatic heterocycles. The summed E-state index contributed by atoms with van der Waals surface area (Å²) in [7, 11) is 0. The summed E-state index contributed by atoms with van der Waals surface area (Å²) in [4.78, 5) is 23.4. The third-order valence-electron chi connectivity index (χ3n) is 3.00. The summed E-state index contributed by atoms with van der Waals surface area (Å²) in [5.41, 5.74) is 3.69. The summed E-state index contributed by atoms with van der Waals surface area (Å²) in [5.74, 6) is -0.478. The molecule has 3 N–H and O–H groups in total. The third kappa shape index (κ3) is 6.10. The number of amides is 2. The lowest BCUT2D eigenvalue weighted by Gasteiger charge is -2.04. The van der Waals surface area contributed by atoms with Gasteiger partial charge in [0.2, 0.25) is 11.8 Å². The minimum Gasteiger partial charge on any atom is -0.508 e.